The van der Waals surface area contributed by atoms with E-state index in [2.05, 4.69) is 25.6 Å². The zero-order chi connectivity index (χ0) is 20.8. The van der Waals surface area contributed by atoms with Crippen LogP contribution >= 0.6 is 0 Å². The van der Waals surface area contributed by atoms with Gasteiger partial charge in [-0.1, -0.05) is 0 Å². The maximum Gasteiger partial charge on any atom is 0.237 e. The molecule has 1 fully saturated rings. The minimum Gasteiger partial charge on any atom is -0.474 e. The lowest BCUT2D eigenvalue weighted by atomic mass is 10.0. The molecule has 4 heterocycles. The van der Waals surface area contributed by atoms with Gasteiger partial charge in [0.2, 0.25) is 11.8 Å². The van der Waals surface area contributed by atoms with Crippen molar-refractivity contribution >= 4 is 34.0 Å². The number of anilines is 3. The van der Waals surface area contributed by atoms with E-state index in [1.54, 1.807) is 18.5 Å². The number of pyridine rings is 3. The van der Waals surface area contributed by atoms with Crippen molar-refractivity contribution in [2.45, 2.75) is 13.3 Å². The van der Waals surface area contributed by atoms with Gasteiger partial charge in [0, 0.05) is 42.4 Å². The van der Waals surface area contributed by atoms with Crippen molar-refractivity contribution in [1.29, 1.82) is 0 Å². The third kappa shape index (κ3) is 3.17. The fraction of sp³-hybridized carbons (Fsp3) is 0.333. The maximum atomic E-state index is 12.3. The molecule has 0 unspecified atom stereocenters. The molecule has 9 heteroatoms. The van der Waals surface area contributed by atoms with Crippen LogP contribution in [-0.2, 0) is 4.79 Å². The number of carbonyl (C=O) groups is 1. The van der Waals surface area contributed by atoms with Crippen LogP contribution in [0.5, 0.6) is 5.88 Å². The molecule has 30 heavy (non-hydrogen) atoms. The molecule has 5 N–H and O–H groups in total. The SMILES string of the molecule is Cc1c(-c2cc3cc(NC(=O)[C@H]4C[C@H]4CO)ncc3c(N)n2)cnc2c1NCCO2. The first kappa shape index (κ1) is 18.6. The molecule has 0 radical (unpaired) electrons. The van der Waals surface area contributed by atoms with Gasteiger partial charge in [-0.2, -0.15) is 0 Å². The number of hydrogen-bond donors (Lipinski definition) is 4. The molecule has 3 aromatic heterocycles. The van der Waals surface area contributed by atoms with Gasteiger partial charge in [-0.15, -0.1) is 0 Å². The molecule has 1 aliphatic carbocycles. The van der Waals surface area contributed by atoms with E-state index in [4.69, 9.17) is 15.6 Å². The summed E-state index contributed by atoms with van der Waals surface area (Å²) < 4.78 is 5.60. The lowest BCUT2D eigenvalue weighted by molar-refractivity contribution is -0.117. The van der Waals surface area contributed by atoms with Gasteiger partial charge in [-0.25, -0.2) is 15.0 Å². The van der Waals surface area contributed by atoms with E-state index in [1.165, 1.54) is 0 Å². The second-order valence-corrected chi connectivity index (χ2v) is 7.71. The van der Waals surface area contributed by atoms with Crippen molar-refractivity contribution in [1.82, 2.24) is 15.0 Å². The number of ether oxygens (including phenoxy) is 1. The zero-order valence-corrected chi connectivity index (χ0v) is 16.5. The number of nitrogens with one attached hydrogen (secondary N) is 2. The van der Waals surface area contributed by atoms with Gasteiger partial charge in [0.25, 0.3) is 0 Å². The number of hydrogen-bond acceptors (Lipinski definition) is 8. The van der Waals surface area contributed by atoms with Crippen molar-refractivity contribution in [2.75, 3.05) is 36.1 Å². The highest BCUT2D eigenvalue weighted by Crippen LogP contribution is 2.39. The lowest BCUT2D eigenvalue weighted by Gasteiger charge is -2.21. The van der Waals surface area contributed by atoms with Crippen molar-refractivity contribution in [3.63, 3.8) is 0 Å². The van der Waals surface area contributed by atoms with Crippen LogP contribution < -0.4 is 21.1 Å². The van der Waals surface area contributed by atoms with E-state index < -0.39 is 0 Å². The summed E-state index contributed by atoms with van der Waals surface area (Å²) in [7, 11) is 0. The number of aliphatic hydroxyl groups is 1. The quantitative estimate of drug-likeness (QED) is 0.516. The summed E-state index contributed by atoms with van der Waals surface area (Å²) in [6, 6.07) is 3.70. The van der Waals surface area contributed by atoms with Gasteiger partial charge in [0.15, 0.2) is 0 Å². The average molecular weight is 406 g/mol. The van der Waals surface area contributed by atoms with Crippen LogP contribution in [0.3, 0.4) is 0 Å². The first-order valence-corrected chi connectivity index (χ1v) is 9.90. The van der Waals surface area contributed by atoms with Crippen molar-refractivity contribution in [3.05, 3.63) is 30.1 Å². The molecule has 154 valence electrons. The average Bonchev–Trinajstić information content (AvgIpc) is 3.54. The smallest absolute Gasteiger partial charge is 0.237 e. The number of aromatic nitrogens is 3. The van der Waals surface area contributed by atoms with Gasteiger partial charge in [-0.3, -0.25) is 4.79 Å². The van der Waals surface area contributed by atoms with E-state index >= 15 is 0 Å². The second kappa shape index (κ2) is 7.10. The molecular formula is C21H22N6O3. The van der Waals surface area contributed by atoms with Gasteiger partial charge >= 0.3 is 0 Å². The Bertz CT molecular complexity index is 1170. The maximum absolute atomic E-state index is 12.3. The highest BCUT2D eigenvalue weighted by atomic mass is 16.5. The van der Waals surface area contributed by atoms with Crippen LogP contribution in [0.1, 0.15) is 12.0 Å². The topological polar surface area (TPSA) is 135 Å². The van der Waals surface area contributed by atoms with E-state index in [9.17, 15) is 4.79 Å². The number of nitrogen functional groups attached to an aromatic ring is 1. The van der Waals surface area contributed by atoms with Gasteiger partial charge < -0.3 is 26.2 Å². The molecule has 1 aliphatic heterocycles. The van der Waals surface area contributed by atoms with Gasteiger partial charge in [-0.05, 0) is 42.3 Å². The Labute approximate surface area is 172 Å². The third-order valence-corrected chi connectivity index (χ3v) is 5.71. The van der Waals surface area contributed by atoms with Crippen LogP contribution in [-0.4, -0.2) is 45.7 Å². The fourth-order valence-corrected chi connectivity index (χ4v) is 3.85. The summed E-state index contributed by atoms with van der Waals surface area (Å²) in [6.45, 7) is 3.33. The minimum atomic E-state index is -0.149. The van der Waals surface area contributed by atoms with Gasteiger partial charge in [0.1, 0.15) is 23.9 Å². The molecule has 9 nitrogen and oxygen atoms in total. The summed E-state index contributed by atoms with van der Waals surface area (Å²) in [5.74, 6) is 1.17. The molecule has 3 aromatic rings. The Balaban J connectivity index is 1.50. The highest BCUT2D eigenvalue weighted by molar-refractivity contribution is 5.98. The van der Waals surface area contributed by atoms with Crippen LogP contribution in [0.25, 0.3) is 22.0 Å². The first-order valence-electron chi connectivity index (χ1n) is 9.90. The van der Waals surface area contributed by atoms with Crippen molar-refractivity contribution < 1.29 is 14.6 Å². The monoisotopic (exact) mass is 406 g/mol. The minimum absolute atomic E-state index is 0.0306. The van der Waals surface area contributed by atoms with Gasteiger partial charge in [0.05, 0.1) is 5.69 Å². The molecule has 0 aromatic carbocycles. The molecule has 1 amide bonds. The number of rotatable bonds is 4. The molecule has 2 atom stereocenters. The fourth-order valence-electron chi connectivity index (χ4n) is 3.85. The number of amides is 1. The molecule has 1 saturated carbocycles. The standard InChI is InChI=1S/C21H22N6O3/c1-10-14(7-25-21-18(10)23-2-3-30-21)16-5-11-6-17(24-8-15(11)19(22)26-16)27-20(29)13-4-12(13)9-28/h5-8,12-13,23,28H,2-4,9H2,1H3,(H2,22,26)(H,24,27,29)/t12-,13-/m0/s1. The Morgan fingerprint density at radius 2 is 2.23 bits per heavy atom. The van der Waals surface area contributed by atoms with E-state index in [1.807, 2.05) is 13.0 Å². The summed E-state index contributed by atoms with van der Waals surface area (Å²) in [4.78, 5) is 25.5. The second-order valence-electron chi connectivity index (χ2n) is 7.71. The predicted molar refractivity (Wildman–Crippen MR) is 113 cm³/mol. The largest absolute Gasteiger partial charge is 0.474 e. The first-order chi connectivity index (χ1) is 14.5. The van der Waals surface area contributed by atoms with Crippen LogP contribution in [0.4, 0.5) is 17.3 Å². The number of carbonyl (C=O) groups excluding carboxylic acids is 1. The predicted octanol–water partition coefficient (Wildman–Crippen LogP) is 1.95. The Morgan fingerprint density at radius 3 is 3.03 bits per heavy atom. The van der Waals surface area contributed by atoms with Crippen molar-refractivity contribution in [3.8, 4) is 17.1 Å². The van der Waals surface area contributed by atoms with Crippen LogP contribution in [0, 0.1) is 18.8 Å². The number of fused-ring (bicyclic) bond motifs is 2. The highest BCUT2D eigenvalue weighted by Gasteiger charge is 2.42. The van der Waals surface area contributed by atoms with E-state index in [0.717, 1.165) is 28.7 Å². The molecular weight excluding hydrogens is 384 g/mol. The normalized spacial score (nSPS) is 19.5. The molecule has 5 rings (SSSR count). The molecule has 2 aliphatic rings. The third-order valence-electron chi connectivity index (χ3n) is 5.71. The molecule has 0 spiro atoms. The summed E-state index contributed by atoms with van der Waals surface area (Å²) in [5.41, 5.74) is 9.59. The van der Waals surface area contributed by atoms with Crippen LogP contribution in [0.2, 0.25) is 0 Å². The van der Waals surface area contributed by atoms with Crippen molar-refractivity contribution in [2.24, 2.45) is 11.8 Å². The van der Waals surface area contributed by atoms with Crippen LogP contribution in [0.15, 0.2) is 24.5 Å². The Hall–Kier alpha value is -3.46. The zero-order valence-electron chi connectivity index (χ0n) is 16.5. The number of nitrogens with zero attached hydrogens (tertiary/aromatic N) is 3. The Morgan fingerprint density at radius 1 is 1.37 bits per heavy atom. The summed E-state index contributed by atoms with van der Waals surface area (Å²) >= 11 is 0. The summed E-state index contributed by atoms with van der Waals surface area (Å²) in [5, 5.41) is 16.8. The summed E-state index contributed by atoms with van der Waals surface area (Å²) in [6.07, 6.45) is 4.06. The molecule has 0 bridgehead atoms. The lowest BCUT2D eigenvalue weighted by Crippen LogP contribution is -2.20. The van der Waals surface area contributed by atoms with E-state index in [-0.39, 0.29) is 24.3 Å². The number of nitrogens with two attached hydrogens (primary N) is 1. The Kier molecular flexibility index (Phi) is 4.39. The number of aliphatic hydroxyl groups excluding tert-OH is 1. The van der Waals surface area contributed by atoms with E-state index in [0.29, 0.717) is 41.6 Å². The molecule has 0 saturated heterocycles.